The zero-order valence-corrected chi connectivity index (χ0v) is 12.4. The highest BCUT2D eigenvalue weighted by Crippen LogP contribution is 2.26. The van der Waals surface area contributed by atoms with Crippen molar-refractivity contribution in [1.82, 2.24) is 0 Å². The molecule has 0 radical (unpaired) electrons. The van der Waals surface area contributed by atoms with Gasteiger partial charge >= 0.3 is 5.97 Å². The molecule has 0 aliphatic carbocycles. The zero-order valence-electron chi connectivity index (χ0n) is 12.4. The number of hydrogen-bond donors (Lipinski definition) is 2. The molecule has 2 aromatic rings. The van der Waals surface area contributed by atoms with Crippen LogP contribution in [-0.2, 0) is 4.74 Å². The third-order valence-corrected chi connectivity index (χ3v) is 3.12. The second kappa shape index (κ2) is 6.17. The summed E-state index contributed by atoms with van der Waals surface area (Å²) < 4.78 is 4.72. The summed E-state index contributed by atoms with van der Waals surface area (Å²) in [6.45, 7) is 0. The van der Waals surface area contributed by atoms with E-state index >= 15 is 0 Å². The second-order valence-electron chi connectivity index (χ2n) is 4.86. The molecule has 2 rings (SSSR count). The molecule has 0 amide bonds. The van der Waals surface area contributed by atoms with Crippen LogP contribution in [0.25, 0.3) is 0 Å². The molecule has 21 heavy (non-hydrogen) atoms. The molecule has 0 heterocycles. The number of carbonyl (C=O) groups is 1. The maximum Gasteiger partial charge on any atom is 0.337 e. The van der Waals surface area contributed by atoms with E-state index in [0.717, 1.165) is 11.4 Å². The van der Waals surface area contributed by atoms with E-state index in [2.05, 4.69) is 5.32 Å². The number of anilines is 4. The summed E-state index contributed by atoms with van der Waals surface area (Å²) in [7, 11) is 5.31. The molecule has 0 spiro atoms. The summed E-state index contributed by atoms with van der Waals surface area (Å²) in [5, 5.41) is 3.23. The van der Waals surface area contributed by atoms with Crippen molar-refractivity contribution in [3.8, 4) is 0 Å². The number of benzene rings is 2. The minimum absolute atomic E-state index is 0.389. The van der Waals surface area contributed by atoms with Crippen molar-refractivity contribution in [1.29, 1.82) is 0 Å². The molecule has 3 N–H and O–H groups in total. The summed E-state index contributed by atoms with van der Waals surface area (Å²) in [4.78, 5) is 13.6. The predicted octanol–water partition coefficient (Wildman–Crippen LogP) is 2.87. The lowest BCUT2D eigenvalue weighted by atomic mass is 10.1. The van der Waals surface area contributed by atoms with Crippen molar-refractivity contribution in [2.24, 2.45) is 0 Å². The number of nitrogen functional groups attached to an aromatic ring is 1. The third kappa shape index (κ3) is 3.45. The highest BCUT2D eigenvalue weighted by molar-refractivity contribution is 5.92. The molecule has 0 aliphatic rings. The third-order valence-electron chi connectivity index (χ3n) is 3.12. The Labute approximate surface area is 124 Å². The topological polar surface area (TPSA) is 67.6 Å². The fraction of sp³-hybridized carbons (Fsp3) is 0.188. The Morgan fingerprint density at radius 1 is 1.19 bits per heavy atom. The van der Waals surface area contributed by atoms with Gasteiger partial charge in [-0.1, -0.05) is 6.07 Å². The van der Waals surface area contributed by atoms with Gasteiger partial charge in [0.1, 0.15) is 0 Å². The number of methoxy groups -OCH3 is 1. The molecule has 0 fully saturated rings. The molecule has 5 nitrogen and oxygen atoms in total. The summed E-state index contributed by atoms with van der Waals surface area (Å²) in [6, 6.07) is 12.9. The van der Waals surface area contributed by atoms with Crippen LogP contribution in [0.1, 0.15) is 10.4 Å². The van der Waals surface area contributed by atoms with Gasteiger partial charge < -0.3 is 20.7 Å². The molecule has 5 heteroatoms. The van der Waals surface area contributed by atoms with Crippen molar-refractivity contribution in [2.45, 2.75) is 0 Å². The van der Waals surface area contributed by atoms with Crippen LogP contribution in [0.2, 0.25) is 0 Å². The molecule has 0 saturated heterocycles. The van der Waals surface area contributed by atoms with Crippen LogP contribution in [0.15, 0.2) is 42.5 Å². The van der Waals surface area contributed by atoms with Crippen LogP contribution in [0.4, 0.5) is 22.7 Å². The van der Waals surface area contributed by atoms with Crippen molar-refractivity contribution in [3.05, 3.63) is 48.0 Å². The quantitative estimate of drug-likeness (QED) is 0.668. The molecule has 0 saturated carbocycles. The molecule has 0 aromatic heterocycles. The number of ether oxygens (including phenoxy) is 1. The fourth-order valence-electron chi connectivity index (χ4n) is 1.93. The van der Waals surface area contributed by atoms with Gasteiger partial charge in [0, 0.05) is 25.5 Å². The standard InChI is InChI=1S/C16H19N3O2/c1-19(2)13-6-4-5-12(10-13)18-15-9-11(16(20)21-3)7-8-14(15)17/h4-10,18H,17H2,1-3H3. The predicted molar refractivity (Wildman–Crippen MR) is 86.2 cm³/mol. The lowest BCUT2D eigenvalue weighted by Crippen LogP contribution is -2.08. The smallest absolute Gasteiger partial charge is 0.337 e. The van der Waals surface area contributed by atoms with Crippen LogP contribution < -0.4 is 16.0 Å². The van der Waals surface area contributed by atoms with Crippen LogP contribution in [0.3, 0.4) is 0 Å². The Morgan fingerprint density at radius 2 is 1.95 bits per heavy atom. The molecule has 0 aliphatic heterocycles. The van der Waals surface area contributed by atoms with Crippen molar-refractivity contribution in [2.75, 3.05) is 37.2 Å². The average molecular weight is 285 g/mol. The molecule has 0 bridgehead atoms. The van der Waals surface area contributed by atoms with E-state index in [1.807, 2.05) is 43.3 Å². The first-order chi connectivity index (χ1) is 10.0. The maximum absolute atomic E-state index is 11.6. The second-order valence-corrected chi connectivity index (χ2v) is 4.86. The normalized spacial score (nSPS) is 10.0. The van der Waals surface area contributed by atoms with Crippen molar-refractivity contribution in [3.63, 3.8) is 0 Å². The van der Waals surface area contributed by atoms with Gasteiger partial charge in [-0.25, -0.2) is 4.79 Å². The van der Waals surface area contributed by atoms with Crippen molar-refractivity contribution >= 4 is 28.7 Å². The molecular weight excluding hydrogens is 266 g/mol. The highest BCUT2D eigenvalue weighted by Gasteiger charge is 2.09. The van der Waals surface area contributed by atoms with Gasteiger partial charge in [0.15, 0.2) is 0 Å². The Bertz CT molecular complexity index is 654. The molecule has 110 valence electrons. The summed E-state index contributed by atoms with van der Waals surface area (Å²) in [6.07, 6.45) is 0. The Morgan fingerprint density at radius 3 is 2.62 bits per heavy atom. The number of nitrogens with two attached hydrogens (primary N) is 1. The van der Waals surface area contributed by atoms with Crippen molar-refractivity contribution < 1.29 is 9.53 Å². The Balaban J connectivity index is 2.30. The molecule has 0 atom stereocenters. The summed E-state index contributed by atoms with van der Waals surface area (Å²) in [5.74, 6) is -0.389. The lowest BCUT2D eigenvalue weighted by Gasteiger charge is -2.15. The number of nitrogens with zero attached hydrogens (tertiary/aromatic N) is 1. The average Bonchev–Trinajstić information content (AvgIpc) is 2.49. The van der Waals surface area contributed by atoms with Gasteiger partial charge in [-0.05, 0) is 36.4 Å². The minimum atomic E-state index is -0.389. The molecular formula is C16H19N3O2. The van der Waals surface area contributed by atoms with E-state index < -0.39 is 0 Å². The maximum atomic E-state index is 11.6. The zero-order chi connectivity index (χ0) is 15.4. The summed E-state index contributed by atoms with van der Waals surface area (Å²) >= 11 is 0. The van der Waals surface area contributed by atoms with E-state index in [1.54, 1.807) is 18.2 Å². The first kappa shape index (κ1) is 14.7. The monoisotopic (exact) mass is 285 g/mol. The van der Waals surface area contributed by atoms with Gasteiger partial charge in [0.05, 0.1) is 24.0 Å². The van der Waals surface area contributed by atoms with Crippen LogP contribution >= 0.6 is 0 Å². The van der Waals surface area contributed by atoms with E-state index in [1.165, 1.54) is 7.11 Å². The summed E-state index contributed by atoms with van der Waals surface area (Å²) in [5.41, 5.74) is 9.62. The highest BCUT2D eigenvalue weighted by atomic mass is 16.5. The number of nitrogens with one attached hydrogen (secondary N) is 1. The van der Waals surface area contributed by atoms with Crippen LogP contribution in [-0.4, -0.2) is 27.2 Å². The minimum Gasteiger partial charge on any atom is -0.465 e. The lowest BCUT2D eigenvalue weighted by molar-refractivity contribution is 0.0601. The van der Waals surface area contributed by atoms with E-state index in [-0.39, 0.29) is 5.97 Å². The van der Waals surface area contributed by atoms with Gasteiger partial charge in [-0.2, -0.15) is 0 Å². The van der Waals surface area contributed by atoms with E-state index in [9.17, 15) is 4.79 Å². The Kier molecular flexibility index (Phi) is 4.33. The van der Waals surface area contributed by atoms with E-state index in [4.69, 9.17) is 10.5 Å². The SMILES string of the molecule is COC(=O)c1ccc(N)c(Nc2cccc(N(C)C)c2)c1. The van der Waals surface area contributed by atoms with Gasteiger partial charge in [0.2, 0.25) is 0 Å². The fourth-order valence-corrected chi connectivity index (χ4v) is 1.93. The Hall–Kier alpha value is -2.69. The molecule has 2 aromatic carbocycles. The number of carbonyl (C=O) groups excluding carboxylic acids is 1. The van der Waals surface area contributed by atoms with Gasteiger partial charge in [-0.15, -0.1) is 0 Å². The molecule has 0 unspecified atom stereocenters. The van der Waals surface area contributed by atoms with Crippen LogP contribution in [0, 0.1) is 0 Å². The van der Waals surface area contributed by atoms with E-state index in [0.29, 0.717) is 16.9 Å². The van der Waals surface area contributed by atoms with Gasteiger partial charge in [-0.3, -0.25) is 0 Å². The number of rotatable bonds is 4. The largest absolute Gasteiger partial charge is 0.465 e. The number of esters is 1. The number of hydrogen-bond acceptors (Lipinski definition) is 5. The van der Waals surface area contributed by atoms with Gasteiger partial charge in [0.25, 0.3) is 0 Å². The first-order valence-corrected chi connectivity index (χ1v) is 6.53. The van der Waals surface area contributed by atoms with Crippen LogP contribution in [0.5, 0.6) is 0 Å². The first-order valence-electron chi connectivity index (χ1n) is 6.53.